The van der Waals surface area contributed by atoms with Crippen molar-refractivity contribution in [3.63, 3.8) is 0 Å². The van der Waals surface area contributed by atoms with Gasteiger partial charge in [-0.2, -0.15) is 0 Å². The normalized spacial score (nSPS) is 12.3. The van der Waals surface area contributed by atoms with E-state index in [1.165, 1.54) is 4.31 Å². The molecular weight excluding hydrogens is 340 g/mol. The molecule has 0 spiro atoms. The quantitative estimate of drug-likeness (QED) is 0.811. The lowest BCUT2D eigenvalue weighted by molar-refractivity contribution is 0.428. The minimum absolute atomic E-state index is 0.330. The Morgan fingerprint density at radius 3 is 2.55 bits per heavy atom. The van der Waals surface area contributed by atoms with Crippen molar-refractivity contribution >= 4 is 26.0 Å². The topological polar surface area (TPSA) is 49.4 Å². The van der Waals surface area contributed by atoms with Gasteiger partial charge in [-0.05, 0) is 53.0 Å². The SMILES string of the molecule is CNCc1ccc(Br)c(S(=O)(=O)N(C)CCC(C)C)c1. The average molecular weight is 363 g/mol. The minimum Gasteiger partial charge on any atom is -0.316 e. The summed E-state index contributed by atoms with van der Waals surface area (Å²) in [5, 5.41) is 3.03. The Morgan fingerprint density at radius 1 is 1.35 bits per heavy atom. The lowest BCUT2D eigenvalue weighted by Gasteiger charge is -2.19. The first-order valence-electron chi connectivity index (χ1n) is 6.68. The summed E-state index contributed by atoms with van der Waals surface area (Å²) in [5.74, 6) is 0.478. The number of halogens is 1. The van der Waals surface area contributed by atoms with Crippen LogP contribution in [0.5, 0.6) is 0 Å². The molecule has 1 aromatic rings. The molecule has 0 aromatic heterocycles. The van der Waals surface area contributed by atoms with Crippen molar-refractivity contribution in [2.24, 2.45) is 5.92 Å². The molecule has 6 heteroatoms. The molecule has 0 fully saturated rings. The number of hydrogen-bond acceptors (Lipinski definition) is 3. The van der Waals surface area contributed by atoms with Gasteiger partial charge in [-0.25, -0.2) is 12.7 Å². The van der Waals surface area contributed by atoms with Crippen molar-refractivity contribution in [3.8, 4) is 0 Å². The largest absolute Gasteiger partial charge is 0.316 e. The van der Waals surface area contributed by atoms with Crippen LogP contribution in [0.4, 0.5) is 0 Å². The van der Waals surface area contributed by atoms with E-state index in [0.29, 0.717) is 28.4 Å². The van der Waals surface area contributed by atoms with Gasteiger partial charge in [-0.3, -0.25) is 0 Å². The number of benzene rings is 1. The van der Waals surface area contributed by atoms with Crippen LogP contribution in [0.2, 0.25) is 0 Å². The van der Waals surface area contributed by atoms with E-state index in [9.17, 15) is 8.42 Å². The molecule has 20 heavy (non-hydrogen) atoms. The summed E-state index contributed by atoms with van der Waals surface area (Å²) in [7, 11) is 0.0246. The van der Waals surface area contributed by atoms with Crippen LogP contribution < -0.4 is 5.32 Å². The summed E-state index contributed by atoms with van der Waals surface area (Å²) in [6.45, 7) is 5.35. The second-order valence-electron chi connectivity index (χ2n) is 5.30. The van der Waals surface area contributed by atoms with E-state index < -0.39 is 10.0 Å². The van der Waals surface area contributed by atoms with Crippen molar-refractivity contribution in [1.29, 1.82) is 0 Å². The molecule has 0 saturated carbocycles. The standard InChI is InChI=1S/C14H23BrN2O2S/c1-11(2)7-8-17(4)20(18,19)14-9-12(10-16-3)5-6-13(14)15/h5-6,9,11,16H,7-8,10H2,1-4H3. The maximum Gasteiger partial charge on any atom is 0.243 e. The third-order valence-corrected chi connectivity index (χ3v) is 5.94. The van der Waals surface area contributed by atoms with Crippen molar-refractivity contribution in [2.45, 2.75) is 31.7 Å². The first kappa shape index (κ1) is 17.6. The molecule has 0 radical (unpaired) electrons. The lowest BCUT2D eigenvalue weighted by Crippen LogP contribution is -2.29. The zero-order valence-corrected chi connectivity index (χ0v) is 14.9. The first-order valence-corrected chi connectivity index (χ1v) is 8.91. The number of nitrogens with zero attached hydrogens (tertiary/aromatic N) is 1. The van der Waals surface area contributed by atoms with Gasteiger partial charge >= 0.3 is 0 Å². The highest BCUT2D eigenvalue weighted by atomic mass is 79.9. The fourth-order valence-corrected chi connectivity index (χ4v) is 3.94. The Kier molecular flexibility index (Phi) is 6.64. The van der Waals surface area contributed by atoms with E-state index in [4.69, 9.17) is 0 Å². The molecule has 0 atom stereocenters. The van der Waals surface area contributed by atoms with E-state index in [2.05, 4.69) is 35.1 Å². The summed E-state index contributed by atoms with van der Waals surface area (Å²) < 4.78 is 27.2. The number of sulfonamides is 1. The van der Waals surface area contributed by atoms with Crippen molar-refractivity contribution in [3.05, 3.63) is 28.2 Å². The number of rotatable bonds is 7. The van der Waals surface area contributed by atoms with Crippen LogP contribution in [0.1, 0.15) is 25.8 Å². The molecule has 0 aliphatic rings. The molecule has 0 heterocycles. The van der Waals surface area contributed by atoms with E-state index in [1.807, 2.05) is 13.1 Å². The van der Waals surface area contributed by atoms with Gasteiger partial charge < -0.3 is 5.32 Å². The molecule has 0 amide bonds. The summed E-state index contributed by atoms with van der Waals surface area (Å²) in [4.78, 5) is 0.330. The first-order chi connectivity index (χ1) is 9.28. The van der Waals surface area contributed by atoms with Gasteiger partial charge in [0.15, 0.2) is 0 Å². The Labute approximate surface area is 130 Å². The van der Waals surface area contributed by atoms with Crippen LogP contribution in [0.3, 0.4) is 0 Å². The van der Waals surface area contributed by atoms with E-state index in [-0.39, 0.29) is 0 Å². The van der Waals surface area contributed by atoms with Gasteiger partial charge in [-0.15, -0.1) is 0 Å². The average Bonchev–Trinajstić information content (AvgIpc) is 2.38. The molecule has 1 N–H and O–H groups in total. The molecule has 0 aliphatic carbocycles. The monoisotopic (exact) mass is 362 g/mol. The van der Waals surface area contributed by atoms with Gasteiger partial charge in [0.1, 0.15) is 0 Å². The molecule has 0 aliphatic heterocycles. The van der Waals surface area contributed by atoms with Gasteiger partial charge in [0.25, 0.3) is 0 Å². The van der Waals surface area contributed by atoms with Gasteiger partial charge in [0.05, 0.1) is 4.90 Å². The van der Waals surface area contributed by atoms with Crippen LogP contribution >= 0.6 is 15.9 Å². The summed E-state index contributed by atoms with van der Waals surface area (Å²) in [5.41, 5.74) is 0.950. The van der Waals surface area contributed by atoms with Gasteiger partial charge in [0.2, 0.25) is 10.0 Å². The zero-order valence-electron chi connectivity index (χ0n) is 12.5. The molecule has 114 valence electrons. The highest BCUT2D eigenvalue weighted by Gasteiger charge is 2.23. The Balaban J connectivity index is 3.04. The van der Waals surface area contributed by atoms with E-state index >= 15 is 0 Å². The molecule has 0 saturated heterocycles. The van der Waals surface area contributed by atoms with Crippen molar-refractivity contribution in [2.75, 3.05) is 20.6 Å². The molecule has 0 bridgehead atoms. The fourth-order valence-electron chi connectivity index (χ4n) is 1.79. The van der Waals surface area contributed by atoms with Gasteiger partial charge in [-0.1, -0.05) is 19.9 Å². The van der Waals surface area contributed by atoms with Crippen LogP contribution in [-0.4, -0.2) is 33.4 Å². The van der Waals surface area contributed by atoms with Crippen LogP contribution in [0.25, 0.3) is 0 Å². The number of hydrogen-bond donors (Lipinski definition) is 1. The van der Waals surface area contributed by atoms with Crippen LogP contribution in [0, 0.1) is 5.92 Å². The maximum atomic E-state index is 12.6. The highest BCUT2D eigenvalue weighted by Crippen LogP contribution is 2.26. The minimum atomic E-state index is -3.45. The summed E-state index contributed by atoms with van der Waals surface area (Å²) in [6.07, 6.45) is 0.851. The van der Waals surface area contributed by atoms with Gasteiger partial charge in [0, 0.05) is 24.6 Å². The molecule has 1 rings (SSSR count). The lowest BCUT2D eigenvalue weighted by atomic mass is 10.1. The molecular formula is C14H23BrN2O2S. The van der Waals surface area contributed by atoms with Crippen LogP contribution in [0.15, 0.2) is 27.6 Å². The smallest absolute Gasteiger partial charge is 0.243 e. The summed E-state index contributed by atoms with van der Waals surface area (Å²) in [6, 6.07) is 5.42. The van der Waals surface area contributed by atoms with Crippen molar-refractivity contribution in [1.82, 2.24) is 9.62 Å². The van der Waals surface area contributed by atoms with Crippen LogP contribution in [-0.2, 0) is 16.6 Å². The highest BCUT2D eigenvalue weighted by molar-refractivity contribution is 9.10. The Morgan fingerprint density at radius 2 is 2.00 bits per heavy atom. The predicted molar refractivity (Wildman–Crippen MR) is 86.2 cm³/mol. The molecule has 1 aromatic carbocycles. The second-order valence-corrected chi connectivity index (χ2v) is 8.17. The van der Waals surface area contributed by atoms with E-state index in [1.54, 1.807) is 19.2 Å². The maximum absolute atomic E-state index is 12.6. The Bertz CT molecular complexity index is 544. The van der Waals surface area contributed by atoms with Crippen molar-refractivity contribution < 1.29 is 8.42 Å². The fraction of sp³-hybridized carbons (Fsp3) is 0.571. The molecule has 4 nitrogen and oxygen atoms in total. The molecule has 0 unspecified atom stereocenters. The predicted octanol–water partition coefficient (Wildman–Crippen LogP) is 2.84. The third kappa shape index (κ3) is 4.55. The second kappa shape index (κ2) is 7.54. The number of nitrogens with one attached hydrogen (secondary N) is 1. The third-order valence-electron chi connectivity index (χ3n) is 3.09. The Hall–Kier alpha value is -0.430. The van der Waals surface area contributed by atoms with E-state index in [0.717, 1.165) is 12.0 Å². The zero-order chi connectivity index (χ0) is 15.3. The summed E-state index contributed by atoms with van der Waals surface area (Å²) >= 11 is 3.34.